The maximum absolute atomic E-state index is 11.3. The first-order valence-electron chi connectivity index (χ1n) is 4.76. The van der Waals surface area contributed by atoms with Crippen LogP contribution in [-0.2, 0) is 6.42 Å². The van der Waals surface area contributed by atoms with Gasteiger partial charge in [-0.15, -0.1) is 0 Å². The zero-order chi connectivity index (χ0) is 10.8. The van der Waals surface area contributed by atoms with Crippen molar-refractivity contribution in [1.82, 2.24) is 14.6 Å². The Kier molecular flexibility index (Phi) is 2.26. The third-order valence-electron chi connectivity index (χ3n) is 2.21. The Morgan fingerprint density at radius 2 is 2.47 bits per heavy atom. The number of nitrogens with one attached hydrogen (secondary N) is 1. The van der Waals surface area contributed by atoms with Crippen LogP contribution in [0.1, 0.15) is 24.6 Å². The summed E-state index contributed by atoms with van der Waals surface area (Å²) in [5.41, 5.74) is 1.51. The molecule has 2 heterocycles. The fourth-order valence-corrected chi connectivity index (χ4v) is 1.57. The highest BCUT2D eigenvalue weighted by molar-refractivity contribution is 5.53. The predicted octanol–water partition coefficient (Wildman–Crippen LogP) is 0.847. The first-order valence-corrected chi connectivity index (χ1v) is 4.76. The molecule has 15 heavy (non-hydrogen) atoms. The molecule has 0 bridgehead atoms. The summed E-state index contributed by atoms with van der Waals surface area (Å²) in [5, 5.41) is 12.9. The van der Waals surface area contributed by atoms with E-state index in [0.29, 0.717) is 11.2 Å². The summed E-state index contributed by atoms with van der Waals surface area (Å²) >= 11 is 0. The second kappa shape index (κ2) is 3.58. The van der Waals surface area contributed by atoms with Gasteiger partial charge in [-0.1, -0.05) is 13.3 Å². The second-order valence-electron chi connectivity index (χ2n) is 3.31. The average molecular weight is 202 g/mol. The molecule has 76 valence electrons. The predicted molar refractivity (Wildman–Crippen MR) is 54.5 cm³/mol. The van der Waals surface area contributed by atoms with Gasteiger partial charge in [0.2, 0.25) is 0 Å². The molecule has 0 amide bonds. The van der Waals surface area contributed by atoms with Gasteiger partial charge in [-0.2, -0.15) is 10.4 Å². The average Bonchev–Trinajstić information content (AvgIpc) is 2.61. The van der Waals surface area contributed by atoms with Crippen molar-refractivity contribution >= 4 is 5.65 Å². The molecule has 0 unspecified atom stereocenters. The summed E-state index contributed by atoms with van der Waals surface area (Å²) in [4.78, 5) is 13.9. The van der Waals surface area contributed by atoms with Gasteiger partial charge in [0.15, 0.2) is 5.65 Å². The fraction of sp³-hybridized carbons (Fsp3) is 0.300. The van der Waals surface area contributed by atoms with Crippen LogP contribution in [0.5, 0.6) is 0 Å². The third-order valence-corrected chi connectivity index (χ3v) is 2.21. The van der Waals surface area contributed by atoms with Crippen LogP contribution >= 0.6 is 0 Å². The van der Waals surface area contributed by atoms with Crippen LogP contribution in [0.3, 0.4) is 0 Å². The van der Waals surface area contributed by atoms with Crippen LogP contribution in [0, 0.1) is 11.3 Å². The van der Waals surface area contributed by atoms with Crippen molar-refractivity contribution in [3.05, 3.63) is 33.9 Å². The van der Waals surface area contributed by atoms with E-state index >= 15 is 0 Å². The summed E-state index contributed by atoms with van der Waals surface area (Å²) in [6.07, 6.45) is 3.16. The molecule has 0 aliphatic carbocycles. The van der Waals surface area contributed by atoms with Gasteiger partial charge in [0.25, 0.3) is 5.56 Å². The SMILES string of the molecule is CCCc1cc(=O)[nH]c2c(C#N)cnn12. The Bertz CT molecular complexity index is 587. The lowest BCUT2D eigenvalue weighted by molar-refractivity contribution is 0.792. The van der Waals surface area contributed by atoms with E-state index in [4.69, 9.17) is 5.26 Å². The number of nitrogens with zero attached hydrogens (tertiary/aromatic N) is 3. The van der Waals surface area contributed by atoms with Gasteiger partial charge in [-0.3, -0.25) is 4.79 Å². The Morgan fingerprint density at radius 1 is 1.67 bits per heavy atom. The van der Waals surface area contributed by atoms with E-state index in [2.05, 4.69) is 10.1 Å². The summed E-state index contributed by atoms with van der Waals surface area (Å²) in [7, 11) is 0. The van der Waals surface area contributed by atoms with Gasteiger partial charge in [-0.25, -0.2) is 4.52 Å². The summed E-state index contributed by atoms with van der Waals surface area (Å²) < 4.78 is 1.61. The number of hydrogen-bond donors (Lipinski definition) is 1. The highest BCUT2D eigenvalue weighted by atomic mass is 16.1. The van der Waals surface area contributed by atoms with E-state index in [1.54, 1.807) is 4.52 Å². The van der Waals surface area contributed by atoms with Crippen molar-refractivity contribution < 1.29 is 0 Å². The molecule has 0 aliphatic heterocycles. The fourth-order valence-electron chi connectivity index (χ4n) is 1.57. The van der Waals surface area contributed by atoms with Crippen molar-refractivity contribution in [3.63, 3.8) is 0 Å². The minimum atomic E-state index is -0.192. The molecule has 0 aliphatic rings. The standard InChI is InChI=1S/C10H10N4O/c1-2-3-8-4-9(15)13-10-7(5-11)6-12-14(8)10/h4,6H,2-3H2,1H3,(H,13,15). The highest BCUT2D eigenvalue weighted by Gasteiger charge is 2.07. The molecule has 0 atom stereocenters. The Labute approximate surface area is 86.0 Å². The van der Waals surface area contributed by atoms with Gasteiger partial charge in [0.05, 0.1) is 6.20 Å². The molecule has 0 aromatic carbocycles. The lowest BCUT2D eigenvalue weighted by Crippen LogP contribution is -2.12. The summed E-state index contributed by atoms with van der Waals surface area (Å²) in [6, 6.07) is 3.51. The first-order chi connectivity index (χ1) is 7.26. The quantitative estimate of drug-likeness (QED) is 0.784. The molecule has 0 saturated carbocycles. The lowest BCUT2D eigenvalue weighted by atomic mass is 10.2. The number of H-pyrrole nitrogens is 1. The molecule has 5 heteroatoms. The monoisotopic (exact) mass is 202 g/mol. The number of hydrogen-bond acceptors (Lipinski definition) is 3. The summed E-state index contributed by atoms with van der Waals surface area (Å²) in [5.74, 6) is 0. The Hall–Kier alpha value is -2.09. The van der Waals surface area contributed by atoms with Gasteiger partial charge in [0, 0.05) is 11.8 Å². The van der Waals surface area contributed by atoms with Crippen LogP contribution in [0.2, 0.25) is 0 Å². The first kappa shape index (κ1) is 9.46. The van der Waals surface area contributed by atoms with Gasteiger partial charge in [0.1, 0.15) is 11.6 Å². The van der Waals surface area contributed by atoms with Gasteiger partial charge < -0.3 is 4.98 Å². The Balaban J connectivity index is 2.77. The molecule has 0 saturated heterocycles. The van der Waals surface area contributed by atoms with Gasteiger partial charge in [-0.05, 0) is 6.42 Å². The molecule has 2 aromatic heterocycles. The molecule has 0 radical (unpaired) electrons. The second-order valence-corrected chi connectivity index (χ2v) is 3.31. The molecular weight excluding hydrogens is 192 g/mol. The normalized spacial score (nSPS) is 10.4. The minimum Gasteiger partial charge on any atom is -0.306 e. The van der Waals surface area contributed by atoms with Crippen LogP contribution in [0.15, 0.2) is 17.1 Å². The number of aromatic nitrogens is 3. The molecule has 2 aromatic rings. The maximum Gasteiger partial charge on any atom is 0.251 e. The third kappa shape index (κ3) is 1.50. The van der Waals surface area contributed by atoms with E-state index in [-0.39, 0.29) is 5.56 Å². The molecule has 5 nitrogen and oxygen atoms in total. The molecular formula is C10H10N4O. The number of aryl methyl sites for hydroxylation is 1. The topological polar surface area (TPSA) is 73.9 Å². The largest absolute Gasteiger partial charge is 0.306 e. The zero-order valence-corrected chi connectivity index (χ0v) is 8.32. The minimum absolute atomic E-state index is 0.192. The number of fused-ring (bicyclic) bond motifs is 1. The molecule has 0 spiro atoms. The van der Waals surface area contributed by atoms with Crippen molar-refractivity contribution in [2.24, 2.45) is 0 Å². The van der Waals surface area contributed by atoms with E-state index in [1.165, 1.54) is 12.3 Å². The zero-order valence-electron chi connectivity index (χ0n) is 8.32. The summed E-state index contributed by atoms with van der Waals surface area (Å²) in [6.45, 7) is 2.03. The highest BCUT2D eigenvalue weighted by Crippen LogP contribution is 2.08. The van der Waals surface area contributed by atoms with Crippen molar-refractivity contribution in [2.45, 2.75) is 19.8 Å². The van der Waals surface area contributed by atoms with Crippen molar-refractivity contribution in [1.29, 1.82) is 5.26 Å². The van der Waals surface area contributed by atoms with E-state index in [9.17, 15) is 4.79 Å². The van der Waals surface area contributed by atoms with Crippen LogP contribution in [0.25, 0.3) is 5.65 Å². The van der Waals surface area contributed by atoms with Crippen molar-refractivity contribution in [2.75, 3.05) is 0 Å². The van der Waals surface area contributed by atoms with Crippen LogP contribution in [-0.4, -0.2) is 14.6 Å². The molecule has 2 rings (SSSR count). The smallest absolute Gasteiger partial charge is 0.251 e. The van der Waals surface area contributed by atoms with Crippen LogP contribution in [0.4, 0.5) is 0 Å². The van der Waals surface area contributed by atoms with Crippen molar-refractivity contribution in [3.8, 4) is 6.07 Å². The van der Waals surface area contributed by atoms with Crippen LogP contribution < -0.4 is 5.56 Å². The molecule has 1 N–H and O–H groups in total. The van der Waals surface area contributed by atoms with Gasteiger partial charge >= 0.3 is 0 Å². The maximum atomic E-state index is 11.3. The van der Waals surface area contributed by atoms with E-state index in [0.717, 1.165) is 18.5 Å². The van der Waals surface area contributed by atoms with E-state index in [1.807, 2.05) is 13.0 Å². The van der Waals surface area contributed by atoms with E-state index < -0.39 is 0 Å². The number of nitriles is 1. The molecule has 0 fully saturated rings. The Morgan fingerprint density at radius 3 is 3.13 bits per heavy atom. The number of aromatic amines is 1. The number of rotatable bonds is 2. The lowest BCUT2D eigenvalue weighted by Gasteiger charge is -2.01.